The van der Waals surface area contributed by atoms with E-state index in [2.05, 4.69) is 10.4 Å². The topological polar surface area (TPSA) is 139 Å². The van der Waals surface area contributed by atoms with Crippen molar-refractivity contribution in [2.75, 3.05) is 0 Å². The third-order valence-electron chi connectivity index (χ3n) is 2.32. The molecule has 0 aliphatic rings. The molecule has 0 atom stereocenters. The second-order valence-electron chi connectivity index (χ2n) is 3.82. The molecule has 0 aliphatic carbocycles. The van der Waals surface area contributed by atoms with E-state index in [9.17, 15) is 29.6 Å². The zero-order valence-corrected chi connectivity index (χ0v) is 14.6. The first-order chi connectivity index (χ1) is 10.5. The fraction of sp³-hybridized carbons (Fsp3) is 0. The van der Waals surface area contributed by atoms with Gasteiger partial charge in [-0.1, -0.05) is 23.6 Å². The van der Waals surface area contributed by atoms with Crippen molar-refractivity contribution in [2.24, 2.45) is 10.4 Å². The second kappa shape index (κ2) is 10.0. The van der Waals surface area contributed by atoms with Crippen LogP contribution in [0.4, 0.5) is 11.4 Å². The Balaban J connectivity index is 0.000000403. The predicted molar refractivity (Wildman–Crippen MR) is 75.2 cm³/mol. The van der Waals surface area contributed by atoms with Crippen molar-refractivity contribution in [1.82, 2.24) is 0 Å². The molecular formula is C14H8N2O6Zn. The number of nitrogens with zero attached hydrogens (tertiary/aromatic N) is 2. The molecule has 112 valence electrons. The molecule has 2 rings (SSSR count). The van der Waals surface area contributed by atoms with Crippen molar-refractivity contribution < 1.29 is 29.7 Å². The van der Waals surface area contributed by atoms with Crippen molar-refractivity contribution in [3.05, 3.63) is 78.8 Å². The standard InChI is InChI=1S/2C7H5NO3.Zn/c2*9-6-3-1-5(8-11)2-4-7(6)10;/h2*1-4H,(H,9,10);/q;;+2/p-2. The van der Waals surface area contributed by atoms with Gasteiger partial charge in [-0.05, 0) is 46.8 Å². The summed E-state index contributed by atoms with van der Waals surface area (Å²) in [4.78, 5) is 41.1. The van der Waals surface area contributed by atoms with E-state index >= 15 is 0 Å². The monoisotopic (exact) mass is 364 g/mol. The van der Waals surface area contributed by atoms with Gasteiger partial charge in [-0.25, -0.2) is 0 Å². The van der Waals surface area contributed by atoms with Gasteiger partial charge in [-0.2, -0.15) is 0 Å². The molecule has 2 aromatic carbocycles. The van der Waals surface area contributed by atoms with Gasteiger partial charge >= 0.3 is 19.5 Å². The molecule has 0 bridgehead atoms. The van der Waals surface area contributed by atoms with Crippen LogP contribution >= 0.6 is 0 Å². The van der Waals surface area contributed by atoms with Crippen LogP contribution in [-0.2, 0) is 19.5 Å². The van der Waals surface area contributed by atoms with Gasteiger partial charge in [0.05, 0.1) is 0 Å². The number of rotatable bonds is 2. The quantitative estimate of drug-likeness (QED) is 0.575. The third kappa shape index (κ3) is 6.66. The van der Waals surface area contributed by atoms with Crippen LogP contribution in [0.3, 0.4) is 0 Å². The van der Waals surface area contributed by atoms with Gasteiger partial charge in [0.1, 0.15) is 11.4 Å². The van der Waals surface area contributed by atoms with E-state index < -0.39 is 22.4 Å². The summed E-state index contributed by atoms with van der Waals surface area (Å²) in [6.45, 7) is 0. The maximum atomic E-state index is 10.6. The van der Waals surface area contributed by atoms with Crippen molar-refractivity contribution in [1.29, 1.82) is 0 Å². The first-order valence-electron chi connectivity index (χ1n) is 5.77. The Morgan fingerprint density at radius 1 is 0.609 bits per heavy atom. The zero-order valence-electron chi connectivity index (χ0n) is 11.7. The third-order valence-corrected chi connectivity index (χ3v) is 2.32. The van der Waals surface area contributed by atoms with E-state index in [0.717, 1.165) is 24.3 Å². The van der Waals surface area contributed by atoms with Crippen molar-refractivity contribution in [3.8, 4) is 11.5 Å². The minimum Gasteiger partial charge on any atom is -0.870 e. The van der Waals surface area contributed by atoms with Crippen molar-refractivity contribution >= 4 is 11.4 Å². The average Bonchev–Trinajstić information content (AvgIpc) is 2.79. The van der Waals surface area contributed by atoms with E-state index in [1.165, 1.54) is 24.3 Å². The maximum absolute atomic E-state index is 10.6. The van der Waals surface area contributed by atoms with E-state index in [4.69, 9.17) is 0 Å². The Labute approximate surface area is 142 Å². The van der Waals surface area contributed by atoms with E-state index in [0.29, 0.717) is 0 Å². The maximum Gasteiger partial charge on any atom is 2.00 e. The fourth-order valence-corrected chi connectivity index (χ4v) is 1.21. The Bertz CT molecular complexity index is 744. The Morgan fingerprint density at radius 3 is 1.22 bits per heavy atom. The molecular weight excluding hydrogens is 358 g/mol. The summed E-state index contributed by atoms with van der Waals surface area (Å²) in [5.41, 5.74) is -1.13. The molecule has 0 spiro atoms. The van der Waals surface area contributed by atoms with Gasteiger partial charge in [0.25, 0.3) is 0 Å². The zero-order chi connectivity index (χ0) is 16.5. The molecule has 8 nitrogen and oxygen atoms in total. The van der Waals surface area contributed by atoms with Crippen LogP contribution in [0.15, 0.2) is 68.5 Å². The van der Waals surface area contributed by atoms with E-state index in [1.807, 2.05) is 0 Å². The summed E-state index contributed by atoms with van der Waals surface area (Å²) >= 11 is 0. The molecule has 0 unspecified atom stereocenters. The second-order valence-corrected chi connectivity index (χ2v) is 3.82. The molecule has 0 N–H and O–H groups in total. The van der Waals surface area contributed by atoms with Crippen molar-refractivity contribution in [3.63, 3.8) is 0 Å². The SMILES string of the molecule is O=Nc1ccc([O-])c(=O)cc1.O=Nc1ccc([O-])c(=O)cc1.[Zn+2]. The van der Waals surface area contributed by atoms with Crippen LogP contribution in [0.1, 0.15) is 0 Å². The molecule has 0 aromatic heterocycles. The first kappa shape index (κ1) is 20.2. The summed E-state index contributed by atoms with van der Waals surface area (Å²) in [5.74, 6) is -1.28. The first-order valence-corrected chi connectivity index (χ1v) is 5.77. The molecule has 0 heterocycles. The van der Waals surface area contributed by atoms with Crippen LogP contribution < -0.4 is 21.1 Å². The van der Waals surface area contributed by atoms with Crippen LogP contribution in [0, 0.1) is 9.81 Å². The number of hydrogen-bond acceptors (Lipinski definition) is 8. The summed E-state index contributed by atoms with van der Waals surface area (Å²) in [6.07, 6.45) is 0. The molecule has 2 aromatic rings. The molecule has 23 heavy (non-hydrogen) atoms. The van der Waals surface area contributed by atoms with Gasteiger partial charge < -0.3 is 10.2 Å². The molecule has 0 saturated carbocycles. The van der Waals surface area contributed by atoms with Crippen LogP contribution in [0.2, 0.25) is 0 Å². The smallest absolute Gasteiger partial charge is 0.870 e. The van der Waals surface area contributed by atoms with Gasteiger partial charge in [0.2, 0.25) is 0 Å². The largest absolute Gasteiger partial charge is 2.00 e. The van der Waals surface area contributed by atoms with Crippen LogP contribution in [-0.4, -0.2) is 0 Å². The van der Waals surface area contributed by atoms with Gasteiger partial charge in [0, 0.05) is 0 Å². The van der Waals surface area contributed by atoms with Crippen LogP contribution in [0.25, 0.3) is 0 Å². The molecule has 0 fully saturated rings. The predicted octanol–water partition coefficient (Wildman–Crippen LogP) is 1.03. The summed E-state index contributed by atoms with van der Waals surface area (Å²) in [7, 11) is 0. The molecule has 9 heteroatoms. The van der Waals surface area contributed by atoms with E-state index in [1.54, 1.807) is 0 Å². The number of hydrogen-bond donors (Lipinski definition) is 0. The Kier molecular flexibility index (Phi) is 8.80. The Morgan fingerprint density at radius 2 is 0.913 bits per heavy atom. The summed E-state index contributed by atoms with van der Waals surface area (Å²) in [5, 5.41) is 26.4. The van der Waals surface area contributed by atoms with Gasteiger partial charge in [-0.3, -0.25) is 9.59 Å². The number of nitroso groups, excluding NO2 is 2. The van der Waals surface area contributed by atoms with Crippen LogP contribution in [0.5, 0.6) is 11.5 Å². The molecule has 0 amide bonds. The minimum absolute atomic E-state index is 0. The minimum atomic E-state index is -0.639. The summed E-state index contributed by atoms with van der Waals surface area (Å²) < 4.78 is 0. The molecule has 0 radical (unpaired) electrons. The van der Waals surface area contributed by atoms with Gasteiger partial charge in [0.15, 0.2) is 10.9 Å². The molecule has 0 saturated heterocycles. The normalized spacial score (nSPS) is 8.70. The average molecular weight is 366 g/mol. The molecule has 0 aliphatic heterocycles. The van der Waals surface area contributed by atoms with Gasteiger partial charge in [-0.15, -0.1) is 9.81 Å². The van der Waals surface area contributed by atoms with E-state index in [-0.39, 0.29) is 30.9 Å². The fourth-order valence-electron chi connectivity index (χ4n) is 1.21. The van der Waals surface area contributed by atoms with Crippen molar-refractivity contribution in [2.45, 2.75) is 0 Å². The Hall–Kier alpha value is -2.80. The summed E-state index contributed by atoms with van der Waals surface area (Å²) in [6, 6.07) is 8.93.